The molecule has 2 aromatic rings. The first-order chi connectivity index (χ1) is 11.9. The number of rotatable bonds is 6. The van der Waals surface area contributed by atoms with Gasteiger partial charge in [0.05, 0.1) is 12.0 Å². The van der Waals surface area contributed by atoms with Gasteiger partial charge in [-0.25, -0.2) is 4.79 Å². The highest BCUT2D eigenvalue weighted by molar-refractivity contribution is 6.02. The molecule has 0 fully saturated rings. The number of nitrogens with zero attached hydrogens (tertiary/aromatic N) is 1. The van der Waals surface area contributed by atoms with Gasteiger partial charge in [-0.15, -0.1) is 0 Å². The second kappa shape index (κ2) is 7.73. The lowest BCUT2D eigenvalue weighted by Crippen LogP contribution is -2.27. The Morgan fingerprint density at radius 2 is 1.88 bits per heavy atom. The van der Waals surface area contributed by atoms with E-state index in [2.05, 4.69) is 5.32 Å². The van der Waals surface area contributed by atoms with Crippen LogP contribution in [-0.2, 0) is 4.79 Å². The van der Waals surface area contributed by atoms with Crippen LogP contribution in [0.25, 0.3) is 6.08 Å². The van der Waals surface area contributed by atoms with E-state index >= 15 is 0 Å². The summed E-state index contributed by atoms with van der Waals surface area (Å²) >= 11 is 0. The first-order valence-electron chi connectivity index (χ1n) is 7.06. The van der Waals surface area contributed by atoms with Gasteiger partial charge < -0.3 is 15.2 Å². The number of hydrogen-bond donors (Lipinski definition) is 2. The van der Waals surface area contributed by atoms with E-state index in [0.717, 1.165) is 12.1 Å². The predicted molar refractivity (Wildman–Crippen MR) is 89.2 cm³/mol. The molecule has 8 nitrogen and oxygen atoms in total. The third kappa shape index (κ3) is 4.41. The molecule has 1 amide bonds. The maximum Gasteiger partial charge on any atom is 0.352 e. The van der Waals surface area contributed by atoms with Crippen LogP contribution in [-0.4, -0.2) is 29.0 Å². The quantitative estimate of drug-likeness (QED) is 0.473. The molecule has 0 bridgehead atoms. The predicted octanol–water partition coefficient (Wildman–Crippen LogP) is 2.46. The van der Waals surface area contributed by atoms with Crippen molar-refractivity contribution in [3.05, 3.63) is 75.5 Å². The van der Waals surface area contributed by atoms with Crippen LogP contribution >= 0.6 is 0 Å². The monoisotopic (exact) mass is 342 g/mol. The number of nitro groups is 1. The van der Waals surface area contributed by atoms with E-state index < -0.39 is 22.5 Å². The van der Waals surface area contributed by atoms with Gasteiger partial charge in [0.15, 0.2) is 5.75 Å². The second-order valence-electron chi connectivity index (χ2n) is 4.87. The largest absolute Gasteiger partial charge is 0.490 e. The first kappa shape index (κ1) is 17.7. The number of carboxylic acids is 1. The summed E-state index contributed by atoms with van der Waals surface area (Å²) in [5.74, 6) is -1.92. The van der Waals surface area contributed by atoms with E-state index in [1.165, 1.54) is 31.4 Å². The highest BCUT2D eigenvalue weighted by Crippen LogP contribution is 2.28. The maximum atomic E-state index is 12.1. The number of benzene rings is 2. The molecule has 8 heteroatoms. The molecule has 2 N–H and O–H groups in total. The molecule has 2 aromatic carbocycles. The van der Waals surface area contributed by atoms with E-state index in [-0.39, 0.29) is 22.6 Å². The minimum Gasteiger partial charge on any atom is -0.490 e. The second-order valence-corrected chi connectivity index (χ2v) is 4.87. The van der Waals surface area contributed by atoms with Crippen LogP contribution in [0, 0.1) is 10.1 Å². The number of methoxy groups -OCH3 is 1. The van der Waals surface area contributed by atoms with Gasteiger partial charge in [-0.1, -0.05) is 24.3 Å². The normalized spacial score (nSPS) is 10.8. The molecule has 2 rings (SSSR count). The SMILES string of the molecule is COc1ccc(C=C(NC(=O)c2ccccc2)C(=O)O)cc1[N+](=O)[O-]. The zero-order valence-electron chi connectivity index (χ0n) is 13.1. The van der Waals surface area contributed by atoms with Crippen LogP contribution in [0.15, 0.2) is 54.2 Å². The van der Waals surface area contributed by atoms with Crippen molar-refractivity contribution in [2.45, 2.75) is 0 Å². The van der Waals surface area contributed by atoms with Gasteiger partial charge in [-0.05, 0) is 29.8 Å². The third-order valence-corrected chi connectivity index (χ3v) is 3.23. The topological polar surface area (TPSA) is 119 Å². The summed E-state index contributed by atoms with van der Waals surface area (Å²) in [6, 6.07) is 12.0. The Labute approximate surface area is 142 Å². The summed E-state index contributed by atoms with van der Waals surface area (Å²) in [7, 11) is 1.29. The Morgan fingerprint density at radius 1 is 1.20 bits per heavy atom. The van der Waals surface area contributed by atoms with Crippen molar-refractivity contribution in [1.29, 1.82) is 0 Å². The van der Waals surface area contributed by atoms with Gasteiger partial charge in [0.1, 0.15) is 5.70 Å². The van der Waals surface area contributed by atoms with Gasteiger partial charge in [-0.2, -0.15) is 0 Å². The molecule has 0 aliphatic heterocycles. The number of carboxylic acid groups (broad SMARTS) is 1. The summed E-state index contributed by atoms with van der Waals surface area (Å²) in [6.45, 7) is 0. The number of amides is 1. The molecular weight excluding hydrogens is 328 g/mol. The Hall–Kier alpha value is -3.68. The lowest BCUT2D eigenvalue weighted by atomic mass is 10.1. The fourth-order valence-corrected chi connectivity index (χ4v) is 2.04. The average molecular weight is 342 g/mol. The van der Waals surface area contributed by atoms with Crippen LogP contribution in [0.5, 0.6) is 5.75 Å². The number of nitrogens with one attached hydrogen (secondary N) is 1. The standard InChI is InChI=1S/C17H14N2O6/c1-25-15-8-7-11(10-14(15)19(23)24)9-13(17(21)22)18-16(20)12-5-3-2-4-6-12/h2-10H,1H3,(H,18,20)(H,21,22). The van der Waals surface area contributed by atoms with E-state index in [1.54, 1.807) is 18.2 Å². The summed E-state index contributed by atoms with van der Waals surface area (Å²) in [5.41, 5.74) is -0.197. The van der Waals surface area contributed by atoms with Crippen LogP contribution < -0.4 is 10.1 Å². The number of ether oxygens (including phenoxy) is 1. The molecular formula is C17H14N2O6. The summed E-state index contributed by atoms with van der Waals surface area (Å²) < 4.78 is 4.89. The molecule has 0 aliphatic rings. The van der Waals surface area contributed by atoms with Gasteiger partial charge >= 0.3 is 11.7 Å². The van der Waals surface area contributed by atoms with Gasteiger partial charge in [0, 0.05) is 11.6 Å². The molecule has 0 spiro atoms. The fourth-order valence-electron chi connectivity index (χ4n) is 2.04. The third-order valence-electron chi connectivity index (χ3n) is 3.23. The Bertz CT molecular complexity index is 845. The molecule has 128 valence electrons. The highest BCUT2D eigenvalue weighted by Gasteiger charge is 2.17. The van der Waals surface area contributed by atoms with Crippen LogP contribution in [0.4, 0.5) is 5.69 Å². The fraction of sp³-hybridized carbons (Fsp3) is 0.0588. The van der Waals surface area contributed by atoms with Crippen LogP contribution in [0.2, 0.25) is 0 Å². The average Bonchev–Trinajstić information content (AvgIpc) is 2.61. The highest BCUT2D eigenvalue weighted by atomic mass is 16.6. The van der Waals surface area contributed by atoms with Crippen molar-refractivity contribution in [2.24, 2.45) is 0 Å². The Balaban J connectivity index is 2.34. The number of carbonyl (C=O) groups is 2. The number of nitro benzene ring substituents is 1. The number of hydrogen-bond acceptors (Lipinski definition) is 5. The maximum absolute atomic E-state index is 12.1. The number of aliphatic carboxylic acids is 1. The molecule has 0 heterocycles. The minimum atomic E-state index is -1.37. The lowest BCUT2D eigenvalue weighted by Gasteiger charge is -2.07. The van der Waals surface area contributed by atoms with Crippen molar-refractivity contribution in [3.8, 4) is 5.75 Å². The molecule has 0 aliphatic carbocycles. The van der Waals surface area contributed by atoms with Crippen molar-refractivity contribution in [3.63, 3.8) is 0 Å². The van der Waals surface area contributed by atoms with E-state index in [0.29, 0.717) is 0 Å². The van der Waals surface area contributed by atoms with Crippen molar-refractivity contribution in [2.75, 3.05) is 7.11 Å². The van der Waals surface area contributed by atoms with E-state index in [1.807, 2.05) is 0 Å². The van der Waals surface area contributed by atoms with Crippen molar-refractivity contribution < 1.29 is 24.4 Å². The lowest BCUT2D eigenvalue weighted by molar-refractivity contribution is -0.385. The van der Waals surface area contributed by atoms with Crippen LogP contribution in [0.3, 0.4) is 0 Å². The van der Waals surface area contributed by atoms with Crippen LogP contribution in [0.1, 0.15) is 15.9 Å². The molecule has 0 radical (unpaired) electrons. The summed E-state index contributed by atoms with van der Waals surface area (Å²) in [5, 5.41) is 22.6. The molecule has 0 aromatic heterocycles. The van der Waals surface area contributed by atoms with Gasteiger partial charge in [0.25, 0.3) is 5.91 Å². The molecule has 25 heavy (non-hydrogen) atoms. The zero-order chi connectivity index (χ0) is 18.4. The minimum absolute atomic E-state index is 0.0485. The van der Waals surface area contributed by atoms with Gasteiger partial charge in [-0.3, -0.25) is 14.9 Å². The van der Waals surface area contributed by atoms with E-state index in [9.17, 15) is 24.8 Å². The summed E-state index contributed by atoms with van der Waals surface area (Å²) in [6.07, 6.45) is 1.13. The molecule has 0 saturated carbocycles. The molecule has 0 atom stereocenters. The first-order valence-corrected chi connectivity index (χ1v) is 7.06. The van der Waals surface area contributed by atoms with Gasteiger partial charge in [0.2, 0.25) is 0 Å². The molecule has 0 unspecified atom stereocenters. The van der Waals surface area contributed by atoms with Crippen molar-refractivity contribution >= 4 is 23.6 Å². The zero-order valence-corrected chi connectivity index (χ0v) is 13.1. The van der Waals surface area contributed by atoms with E-state index in [4.69, 9.17) is 4.74 Å². The number of carbonyl (C=O) groups excluding carboxylic acids is 1. The smallest absolute Gasteiger partial charge is 0.352 e. The Kier molecular flexibility index (Phi) is 5.47. The summed E-state index contributed by atoms with van der Waals surface area (Å²) in [4.78, 5) is 33.8. The molecule has 0 saturated heterocycles. The Morgan fingerprint density at radius 3 is 2.44 bits per heavy atom. The van der Waals surface area contributed by atoms with Crippen molar-refractivity contribution in [1.82, 2.24) is 5.32 Å².